The van der Waals surface area contributed by atoms with Crippen LogP contribution in [0.5, 0.6) is 0 Å². The minimum Gasteiger partial charge on any atom is -0.388 e. The van der Waals surface area contributed by atoms with Crippen molar-refractivity contribution < 1.29 is 14.6 Å². The Balaban J connectivity index is 1.39. The first kappa shape index (κ1) is 16.2. The van der Waals surface area contributed by atoms with Crippen LogP contribution in [0.4, 0.5) is 5.95 Å². The fourth-order valence-corrected chi connectivity index (χ4v) is 4.20. The lowest BCUT2D eigenvalue weighted by Gasteiger charge is -2.26. The zero-order valence-corrected chi connectivity index (χ0v) is 14.6. The van der Waals surface area contributed by atoms with Crippen LogP contribution in [0.3, 0.4) is 0 Å². The molecule has 0 bridgehead atoms. The number of nitrogens with zero attached hydrogens (tertiary/aromatic N) is 5. The molecule has 8 nitrogen and oxygen atoms in total. The molecule has 8 heteroatoms. The summed E-state index contributed by atoms with van der Waals surface area (Å²) in [6.07, 6.45) is 10.1. The Labute approximate surface area is 151 Å². The van der Waals surface area contributed by atoms with Gasteiger partial charge in [0.2, 0.25) is 5.95 Å². The summed E-state index contributed by atoms with van der Waals surface area (Å²) in [6.45, 7) is 2.87. The topological polar surface area (TPSA) is 85.5 Å². The minimum atomic E-state index is -0.552. The Bertz CT molecular complexity index is 758. The SMILES string of the molecule is O[C@@H]1CO[C@H]2[C@@H]1OC[C@H]2n1ccnc1-c1cnc(N2CCCCC2)nc1. The molecule has 26 heavy (non-hydrogen) atoms. The molecule has 3 fully saturated rings. The minimum absolute atomic E-state index is 0.00331. The molecule has 0 spiro atoms. The Morgan fingerprint density at radius 3 is 2.54 bits per heavy atom. The average Bonchev–Trinajstić information content (AvgIpc) is 3.40. The van der Waals surface area contributed by atoms with Gasteiger partial charge in [0.15, 0.2) is 0 Å². The van der Waals surface area contributed by atoms with E-state index in [1.807, 2.05) is 18.6 Å². The highest BCUT2D eigenvalue weighted by molar-refractivity contribution is 5.54. The lowest BCUT2D eigenvalue weighted by Crippen LogP contribution is -2.31. The first-order valence-electron chi connectivity index (χ1n) is 9.33. The van der Waals surface area contributed by atoms with Gasteiger partial charge < -0.3 is 24.0 Å². The molecule has 3 aliphatic rings. The maximum atomic E-state index is 9.96. The Kier molecular flexibility index (Phi) is 4.11. The second kappa shape index (κ2) is 6.61. The molecule has 0 unspecified atom stereocenters. The van der Waals surface area contributed by atoms with Gasteiger partial charge in [-0.2, -0.15) is 0 Å². The number of aromatic nitrogens is 4. The summed E-state index contributed by atoms with van der Waals surface area (Å²) in [4.78, 5) is 15.9. The van der Waals surface area contributed by atoms with Crippen molar-refractivity contribution in [3.05, 3.63) is 24.8 Å². The van der Waals surface area contributed by atoms with Crippen LogP contribution in [-0.4, -0.2) is 69.2 Å². The van der Waals surface area contributed by atoms with Gasteiger partial charge in [-0.05, 0) is 19.3 Å². The van der Waals surface area contributed by atoms with E-state index in [-0.39, 0.29) is 18.2 Å². The van der Waals surface area contributed by atoms with Crippen molar-refractivity contribution in [2.45, 2.75) is 43.6 Å². The van der Waals surface area contributed by atoms with Crippen molar-refractivity contribution in [2.75, 3.05) is 31.2 Å². The highest BCUT2D eigenvalue weighted by Gasteiger charge is 2.48. The molecule has 138 valence electrons. The van der Waals surface area contributed by atoms with Crippen LogP contribution < -0.4 is 4.90 Å². The molecule has 0 radical (unpaired) electrons. The second-order valence-electron chi connectivity index (χ2n) is 7.21. The van der Waals surface area contributed by atoms with Crippen molar-refractivity contribution in [3.8, 4) is 11.4 Å². The van der Waals surface area contributed by atoms with Crippen LogP contribution in [0.15, 0.2) is 24.8 Å². The molecule has 0 amide bonds. The number of anilines is 1. The van der Waals surface area contributed by atoms with E-state index in [9.17, 15) is 5.11 Å². The predicted octanol–water partition coefficient (Wildman–Crippen LogP) is 1.03. The largest absolute Gasteiger partial charge is 0.388 e. The first-order chi connectivity index (χ1) is 12.8. The smallest absolute Gasteiger partial charge is 0.225 e. The van der Waals surface area contributed by atoms with Crippen molar-refractivity contribution >= 4 is 5.95 Å². The van der Waals surface area contributed by atoms with E-state index in [2.05, 4.69) is 24.4 Å². The highest BCUT2D eigenvalue weighted by atomic mass is 16.6. The number of aliphatic hydroxyl groups excluding tert-OH is 1. The lowest BCUT2D eigenvalue weighted by molar-refractivity contribution is 0.0172. The van der Waals surface area contributed by atoms with E-state index in [0.717, 1.165) is 30.4 Å². The molecule has 3 saturated heterocycles. The molecule has 4 atom stereocenters. The van der Waals surface area contributed by atoms with Crippen molar-refractivity contribution in [2.24, 2.45) is 0 Å². The Morgan fingerprint density at radius 2 is 1.73 bits per heavy atom. The van der Waals surface area contributed by atoms with Gasteiger partial charge in [0.05, 0.1) is 24.8 Å². The van der Waals surface area contributed by atoms with Crippen LogP contribution in [0.25, 0.3) is 11.4 Å². The monoisotopic (exact) mass is 357 g/mol. The van der Waals surface area contributed by atoms with Gasteiger partial charge in [-0.15, -0.1) is 0 Å². The van der Waals surface area contributed by atoms with Gasteiger partial charge in [-0.25, -0.2) is 15.0 Å². The fourth-order valence-electron chi connectivity index (χ4n) is 4.20. The van der Waals surface area contributed by atoms with Crippen LogP contribution in [-0.2, 0) is 9.47 Å². The van der Waals surface area contributed by atoms with Crippen molar-refractivity contribution in [1.82, 2.24) is 19.5 Å². The Morgan fingerprint density at radius 1 is 0.962 bits per heavy atom. The van der Waals surface area contributed by atoms with Gasteiger partial charge in [-0.1, -0.05) is 0 Å². The lowest BCUT2D eigenvalue weighted by atomic mass is 10.1. The maximum absolute atomic E-state index is 9.96. The number of rotatable bonds is 3. The van der Waals surface area contributed by atoms with Gasteiger partial charge >= 0.3 is 0 Å². The quantitative estimate of drug-likeness (QED) is 0.878. The summed E-state index contributed by atoms with van der Waals surface area (Å²) in [6, 6.07) is -0.00331. The summed E-state index contributed by atoms with van der Waals surface area (Å²) in [5.41, 5.74) is 0.873. The zero-order chi connectivity index (χ0) is 17.5. The molecular formula is C18H23N5O3. The highest BCUT2D eigenvalue weighted by Crippen LogP contribution is 2.36. The van der Waals surface area contributed by atoms with E-state index >= 15 is 0 Å². The molecular weight excluding hydrogens is 334 g/mol. The van der Waals surface area contributed by atoms with Gasteiger partial charge in [0, 0.05) is 37.9 Å². The normalized spacial score (nSPS) is 31.3. The molecule has 2 aromatic rings. The maximum Gasteiger partial charge on any atom is 0.225 e. The summed E-state index contributed by atoms with van der Waals surface area (Å²) in [7, 11) is 0. The summed E-state index contributed by atoms with van der Waals surface area (Å²) in [5.74, 6) is 1.59. The molecule has 0 saturated carbocycles. The van der Waals surface area contributed by atoms with Crippen LogP contribution in [0, 0.1) is 0 Å². The van der Waals surface area contributed by atoms with Crippen molar-refractivity contribution in [1.29, 1.82) is 0 Å². The van der Waals surface area contributed by atoms with E-state index in [1.54, 1.807) is 6.20 Å². The fraction of sp³-hybridized carbons (Fsp3) is 0.611. The number of hydrogen-bond donors (Lipinski definition) is 1. The van der Waals surface area contributed by atoms with Gasteiger partial charge in [-0.3, -0.25) is 0 Å². The molecule has 5 heterocycles. The number of hydrogen-bond acceptors (Lipinski definition) is 7. The van der Waals surface area contributed by atoms with E-state index in [4.69, 9.17) is 9.47 Å². The predicted molar refractivity (Wildman–Crippen MR) is 93.8 cm³/mol. The first-order valence-corrected chi connectivity index (χ1v) is 9.33. The van der Waals surface area contributed by atoms with E-state index in [1.165, 1.54) is 19.3 Å². The molecule has 1 N–H and O–H groups in total. The number of imidazole rings is 1. The number of aliphatic hydroxyl groups is 1. The third-order valence-corrected chi connectivity index (χ3v) is 5.56. The van der Waals surface area contributed by atoms with Crippen LogP contribution >= 0.6 is 0 Å². The summed E-state index contributed by atoms with van der Waals surface area (Å²) >= 11 is 0. The number of fused-ring (bicyclic) bond motifs is 1. The van der Waals surface area contributed by atoms with Crippen LogP contribution in [0.2, 0.25) is 0 Å². The second-order valence-corrected chi connectivity index (χ2v) is 7.21. The molecule has 0 aromatic carbocycles. The summed E-state index contributed by atoms with van der Waals surface area (Å²) < 4.78 is 13.6. The third-order valence-electron chi connectivity index (χ3n) is 5.56. The number of ether oxygens (including phenoxy) is 2. The van der Waals surface area contributed by atoms with Gasteiger partial charge in [0.1, 0.15) is 24.1 Å². The van der Waals surface area contributed by atoms with Gasteiger partial charge in [0.25, 0.3) is 0 Å². The van der Waals surface area contributed by atoms with Crippen LogP contribution in [0.1, 0.15) is 25.3 Å². The molecule has 2 aromatic heterocycles. The molecule has 5 rings (SSSR count). The van der Waals surface area contributed by atoms with Crippen molar-refractivity contribution in [3.63, 3.8) is 0 Å². The molecule has 3 aliphatic heterocycles. The molecule has 0 aliphatic carbocycles. The van der Waals surface area contributed by atoms with E-state index < -0.39 is 6.10 Å². The number of piperidine rings is 1. The average molecular weight is 357 g/mol. The van der Waals surface area contributed by atoms with E-state index in [0.29, 0.717) is 13.2 Å². The summed E-state index contributed by atoms with van der Waals surface area (Å²) in [5, 5.41) is 9.96. The standard InChI is InChI=1S/C18H23N5O3/c24-14-11-26-15-13(10-25-16(14)15)23-7-4-19-17(23)12-8-20-18(21-9-12)22-5-2-1-3-6-22/h4,7-9,13-16,24H,1-3,5-6,10-11H2/t13-,14-,15-,16-/m1/s1. The Hall–Kier alpha value is -2.03. The third kappa shape index (κ3) is 2.69. The zero-order valence-electron chi connectivity index (χ0n) is 14.6.